The highest BCUT2D eigenvalue weighted by atomic mass is 16.5. The first-order valence-electron chi connectivity index (χ1n) is 8.70. The van der Waals surface area contributed by atoms with Crippen LogP contribution in [0.4, 0.5) is 0 Å². The number of allylic oxidation sites excluding steroid dienone is 2. The highest BCUT2D eigenvalue weighted by molar-refractivity contribution is 5.48. The van der Waals surface area contributed by atoms with E-state index < -0.39 is 5.41 Å². The summed E-state index contributed by atoms with van der Waals surface area (Å²) in [5.74, 6) is 2.47. The van der Waals surface area contributed by atoms with E-state index in [0.717, 1.165) is 48.5 Å². The quantitative estimate of drug-likeness (QED) is 0.799. The standard InChI is InChI=1S/C20H25NO3/c1-22-16-9-11-20(14-21,12-10-16)15-7-8-18(23-2)19(13-15)24-17-5-3-4-6-17/h7-9,13,17H,3-6,10-12H2,1-2H3. The molecule has 0 N–H and O–H groups in total. The van der Waals surface area contributed by atoms with Gasteiger partial charge in [0, 0.05) is 6.42 Å². The second-order valence-electron chi connectivity index (χ2n) is 6.66. The fraction of sp³-hybridized carbons (Fsp3) is 0.550. The Labute approximate surface area is 144 Å². The Morgan fingerprint density at radius 3 is 2.50 bits per heavy atom. The van der Waals surface area contributed by atoms with Crippen molar-refractivity contribution >= 4 is 0 Å². The Bertz CT molecular complexity index is 655. The number of nitriles is 1. The van der Waals surface area contributed by atoms with Gasteiger partial charge in [0.1, 0.15) is 0 Å². The first kappa shape index (κ1) is 16.7. The fourth-order valence-corrected chi connectivity index (χ4v) is 3.69. The van der Waals surface area contributed by atoms with E-state index in [4.69, 9.17) is 14.2 Å². The molecular formula is C20H25NO3. The summed E-state index contributed by atoms with van der Waals surface area (Å²) in [6.07, 6.45) is 9.15. The lowest BCUT2D eigenvalue weighted by atomic mass is 9.72. The molecule has 1 unspecified atom stereocenters. The minimum absolute atomic E-state index is 0.263. The minimum Gasteiger partial charge on any atom is -0.501 e. The third-order valence-corrected chi connectivity index (χ3v) is 5.26. The first-order valence-corrected chi connectivity index (χ1v) is 8.70. The average Bonchev–Trinajstić information content (AvgIpc) is 3.15. The molecule has 128 valence electrons. The van der Waals surface area contributed by atoms with Crippen molar-refractivity contribution in [3.63, 3.8) is 0 Å². The molecule has 2 aliphatic rings. The van der Waals surface area contributed by atoms with Gasteiger partial charge in [-0.1, -0.05) is 6.07 Å². The molecule has 2 aliphatic carbocycles. The Kier molecular flexibility index (Phi) is 4.99. The summed E-state index contributed by atoms with van der Waals surface area (Å²) >= 11 is 0. The molecule has 1 aromatic rings. The molecule has 4 heteroatoms. The van der Waals surface area contributed by atoms with Gasteiger partial charge in [-0.05, 0) is 62.3 Å². The summed E-state index contributed by atoms with van der Waals surface area (Å²) < 4.78 is 17.0. The van der Waals surface area contributed by atoms with Crippen molar-refractivity contribution in [1.29, 1.82) is 5.26 Å². The van der Waals surface area contributed by atoms with Crippen LogP contribution in [0.3, 0.4) is 0 Å². The van der Waals surface area contributed by atoms with Gasteiger partial charge in [-0.15, -0.1) is 0 Å². The van der Waals surface area contributed by atoms with Crippen molar-refractivity contribution in [2.45, 2.75) is 56.5 Å². The fourth-order valence-electron chi connectivity index (χ4n) is 3.69. The monoisotopic (exact) mass is 327 g/mol. The predicted molar refractivity (Wildman–Crippen MR) is 92.1 cm³/mol. The lowest BCUT2D eigenvalue weighted by Crippen LogP contribution is -2.27. The zero-order valence-electron chi connectivity index (χ0n) is 14.5. The maximum absolute atomic E-state index is 9.86. The number of nitrogens with zero attached hydrogens (tertiary/aromatic N) is 1. The summed E-state index contributed by atoms with van der Waals surface area (Å²) in [6.45, 7) is 0. The van der Waals surface area contributed by atoms with Gasteiger partial charge in [-0.25, -0.2) is 0 Å². The molecule has 0 radical (unpaired) electrons. The largest absolute Gasteiger partial charge is 0.501 e. The van der Waals surface area contributed by atoms with Crippen LogP contribution in [0, 0.1) is 11.3 Å². The molecule has 1 fully saturated rings. The molecule has 0 aromatic heterocycles. The molecule has 3 rings (SSSR count). The molecule has 0 bridgehead atoms. The van der Waals surface area contributed by atoms with Crippen LogP contribution < -0.4 is 9.47 Å². The highest BCUT2D eigenvalue weighted by Crippen LogP contribution is 2.42. The maximum Gasteiger partial charge on any atom is 0.161 e. The van der Waals surface area contributed by atoms with Crippen LogP contribution in [-0.2, 0) is 10.2 Å². The lowest BCUT2D eigenvalue weighted by Gasteiger charge is -2.30. The number of benzene rings is 1. The number of rotatable bonds is 5. The van der Waals surface area contributed by atoms with Crippen molar-refractivity contribution in [1.82, 2.24) is 0 Å². The van der Waals surface area contributed by atoms with E-state index in [1.54, 1.807) is 14.2 Å². The van der Waals surface area contributed by atoms with Crippen molar-refractivity contribution < 1.29 is 14.2 Å². The minimum atomic E-state index is -0.512. The summed E-state index contributed by atoms with van der Waals surface area (Å²) in [5, 5.41) is 9.86. The molecule has 0 spiro atoms. The zero-order valence-corrected chi connectivity index (χ0v) is 14.5. The Morgan fingerprint density at radius 2 is 1.92 bits per heavy atom. The van der Waals surface area contributed by atoms with Crippen LogP contribution in [0.1, 0.15) is 50.5 Å². The third kappa shape index (κ3) is 3.21. The third-order valence-electron chi connectivity index (χ3n) is 5.26. The maximum atomic E-state index is 9.86. The Balaban J connectivity index is 1.90. The second kappa shape index (κ2) is 7.17. The van der Waals surface area contributed by atoms with Crippen LogP contribution in [-0.4, -0.2) is 20.3 Å². The van der Waals surface area contributed by atoms with E-state index in [1.165, 1.54) is 12.8 Å². The number of hydrogen-bond acceptors (Lipinski definition) is 4. The van der Waals surface area contributed by atoms with Crippen LogP contribution in [0.5, 0.6) is 11.5 Å². The van der Waals surface area contributed by atoms with Crippen molar-refractivity contribution in [2.75, 3.05) is 14.2 Å². The number of methoxy groups -OCH3 is 2. The zero-order chi connectivity index (χ0) is 17.0. The van der Waals surface area contributed by atoms with E-state index in [9.17, 15) is 5.26 Å². The van der Waals surface area contributed by atoms with E-state index in [0.29, 0.717) is 6.42 Å². The normalized spacial score (nSPS) is 24.1. The molecule has 4 nitrogen and oxygen atoms in total. The molecule has 0 aliphatic heterocycles. The van der Waals surface area contributed by atoms with Gasteiger partial charge in [-0.3, -0.25) is 0 Å². The van der Waals surface area contributed by atoms with Crippen LogP contribution in [0.15, 0.2) is 30.0 Å². The lowest BCUT2D eigenvalue weighted by molar-refractivity contribution is 0.200. The van der Waals surface area contributed by atoms with E-state index in [1.807, 2.05) is 24.3 Å². The van der Waals surface area contributed by atoms with Crippen molar-refractivity contribution in [2.24, 2.45) is 0 Å². The van der Waals surface area contributed by atoms with E-state index >= 15 is 0 Å². The van der Waals surface area contributed by atoms with Gasteiger partial charge in [0.2, 0.25) is 0 Å². The predicted octanol–water partition coefficient (Wildman–Crippen LogP) is 4.49. The van der Waals surface area contributed by atoms with Crippen molar-refractivity contribution in [3.8, 4) is 17.6 Å². The summed E-state index contributed by atoms with van der Waals surface area (Å²) in [7, 11) is 3.34. The van der Waals surface area contributed by atoms with Crippen LogP contribution in [0.2, 0.25) is 0 Å². The Morgan fingerprint density at radius 1 is 1.12 bits per heavy atom. The van der Waals surface area contributed by atoms with Gasteiger partial charge in [0.05, 0.1) is 37.6 Å². The summed E-state index contributed by atoms with van der Waals surface area (Å²) in [6, 6.07) is 8.47. The molecule has 0 amide bonds. The number of ether oxygens (including phenoxy) is 3. The van der Waals surface area contributed by atoms with Gasteiger partial charge in [0.15, 0.2) is 11.5 Å². The van der Waals surface area contributed by atoms with Gasteiger partial charge in [-0.2, -0.15) is 5.26 Å². The van der Waals surface area contributed by atoms with E-state index in [-0.39, 0.29) is 6.10 Å². The van der Waals surface area contributed by atoms with Gasteiger partial charge >= 0.3 is 0 Å². The Hall–Kier alpha value is -2.15. The molecule has 0 heterocycles. The highest BCUT2D eigenvalue weighted by Gasteiger charge is 2.35. The average molecular weight is 327 g/mol. The summed E-state index contributed by atoms with van der Waals surface area (Å²) in [4.78, 5) is 0. The smallest absolute Gasteiger partial charge is 0.161 e. The molecule has 0 saturated heterocycles. The molecule has 1 saturated carbocycles. The topological polar surface area (TPSA) is 51.5 Å². The summed E-state index contributed by atoms with van der Waals surface area (Å²) in [5.41, 5.74) is 0.493. The van der Waals surface area contributed by atoms with Crippen LogP contribution in [0.25, 0.3) is 0 Å². The van der Waals surface area contributed by atoms with Crippen LogP contribution >= 0.6 is 0 Å². The number of hydrogen-bond donors (Lipinski definition) is 0. The molecule has 1 atom stereocenters. The molecular weight excluding hydrogens is 302 g/mol. The van der Waals surface area contributed by atoms with E-state index in [2.05, 4.69) is 6.07 Å². The molecule has 1 aromatic carbocycles. The second-order valence-corrected chi connectivity index (χ2v) is 6.66. The molecule has 24 heavy (non-hydrogen) atoms. The SMILES string of the molecule is COC1=CCC(C#N)(c2ccc(OC)c(OC3CCCC3)c2)CC1. The first-order chi connectivity index (χ1) is 11.7. The van der Waals surface area contributed by atoms with Gasteiger partial charge in [0.25, 0.3) is 0 Å². The van der Waals surface area contributed by atoms with Crippen molar-refractivity contribution in [3.05, 3.63) is 35.6 Å². The van der Waals surface area contributed by atoms with Gasteiger partial charge < -0.3 is 14.2 Å².